The maximum absolute atomic E-state index is 6.02. The van der Waals surface area contributed by atoms with Crippen LogP contribution in [0.15, 0.2) is 24.4 Å². The lowest BCUT2D eigenvalue weighted by Gasteiger charge is -2.15. The Morgan fingerprint density at radius 1 is 1.17 bits per heavy atom. The second-order valence-corrected chi connectivity index (χ2v) is 4.96. The van der Waals surface area contributed by atoms with E-state index in [1.807, 2.05) is 18.3 Å². The zero-order valence-corrected chi connectivity index (χ0v) is 10.6. The molecule has 1 aromatic carbocycles. The molecule has 1 heterocycles. The Kier molecular flexibility index (Phi) is 2.74. The molecule has 0 saturated carbocycles. The summed E-state index contributed by atoms with van der Waals surface area (Å²) in [6.45, 7) is 2.06. The van der Waals surface area contributed by atoms with Gasteiger partial charge in [0.25, 0.3) is 0 Å². The summed E-state index contributed by atoms with van der Waals surface area (Å²) in [5.41, 5.74) is 11.4. The summed E-state index contributed by atoms with van der Waals surface area (Å²) in [4.78, 5) is 9.17. The van der Waals surface area contributed by atoms with Crippen LogP contribution in [0.25, 0.3) is 11.4 Å². The van der Waals surface area contributed by atoms with Gasteiger partial charge in [-0.25, -0.2) is 9.97 Å². The van der Waals surface area contributed by atoms with Crippen molar-refractivity contribution >= 4 is 5.69 Å². The molecule has 3 heteroatoms. The van der Waals surface area contributed by atoms with Crippen LogP contribution in [0, 0.1) is 6.92 Å². The fourth-order valence-electron chi connectivity index (χ4n) is 2.47. The molecular formula is C15H17N3. The third-order valence-corrected chi connectivity index (χ3v) is 3.51. The van der Waals surface area contributed by atoms with Crippen molar-refractivity contribution in [2.75, 3.05) is 5.73 Å². The van der Waals surface area contributed by atoms with Crippen molar-refractivity contribution < 1.29 is 0 Å². The SMILES string of the molecule is Cc1ccc(N)c(-c2ncc3c(n2)CCCC3)c1. The van der Waals surface area contributed by atoms with Crippen LogP contribution in [0.1, 0.15) is 29.7 Å². The summed E-state index contributed by atoms with van der Waals surface area (Å²) >= 11 is 0. The van der Waals surface area contributed by atoms with E-state index in [1.165, 1.54) is 29.7 Å². The molecule has 0 radical (unpaired) electrons. The van der Waals surface area contributed by atoms with Gasteiger partial charge < -0.3 is 5.73 Å². The smallest absolute Gasteiger partial charge is 0.161 e. The Bertz CT molecular complexity index is 590. The largest absolute Gasteiger partial charge is 0.398 e. The predicted molar refractivity (Wildman–Crippen MR) is 73.3 cm³/mol. The van der Waals surface area contributed by atoms with Crippen LogP contribution in [0.3, 0.4) is 0 Å². The van der Waals surface area contributed by atoms with Crippen LogP contribution >= 0.6 is 0 Å². The average Bonchev–Trinajstić information content (AvgIpc) is 2.41. The van der Waals surface area contributed by atoms with Crippen LogP contribution in [-0.4, -0.2) is 9.97 Å². The van der Waals surface area contributed by atoms with Crippen LogP contribution in [0.4, 0.5) is 5.69 Å². The lowest BCUT2D eigenvalue weighted by atomic mass is 9.97. The van der Waals surface area contributed by atoms with E-state index in [0.717, 1.165) is 29.9 Å². The maximum atomic E-state index is 6.02. The number of hydrogen-bond acceptors (Lipinski definition) is 3. The third kappa shape index (κ3) is 1.96. The van der Waals surface area contributed by atoms with Crippen molar-refractivity contribution in [1.29, 1.82) is 0 Å². The highest BCUT2D eigenvalue weighted by atomic mass is 14.9. The summed E-state index contributed by atoms with van der Waals surface area (Å²) in [5.74, 6) is 0.761. The van der Waals surface area contributed by atoms with E-state index in [0.29, 0.717) is 0 Å². The fraction of sp³-hybridized carbons (Fsp3) is 0.333. The minimum atomic E-state index is 0.747. The van der Waals surface area contributed by atoms with Gasteiger partial charge in [0.1, 0.15) is 0 Å². The molecule has 0 aliphatic heterocycles. The van der Waals surface area contributed by atoms with Gasteiger partial charge in [-0.3, -0.25) is 0 Å². The Labute approximate surface area is 107 Å². The number of aromatic nitrogens is 2. The summed E-state index contributed by atoms with van der Waals surface area (Å²) in [6, 6.07) is 5.99. The Morgan fingerprint density at radius 2 is 2.00 bits per heavy atom. The quantitative estimate of drug-likeness (QED) is 0.778. The third-order valence-electron chi connectivity index (χ3n) is 3.51. The topological polar surface area (TPSA) is 51.8 Å². The summed E-state index contributed by atoms with van der Waals surface area (Å²) in [6.07, 6.45) is 6.63. The van der Waals surface area contributed by atoms with Crippen molar-refractivity contribution in [3.05, 3.63) is 41.2 Å². The van der Waals surface area contributed by atoms with E-state index in [-0.39, 0.29) is 0 Å². The zero-order valence-electron chi connectivity index (χ0n) is 10.6. The molecule has 0 spiro atoms. The van der Waals surface area contributed by atoms with Gasteiger partial charge in [-0.1, -0.05) is 11.6 Å². The van der Waals surface area contributed by atoms with Crippen molar-refractivity contribution in [3.63, 3.8) is 0 Å². The molecule has 0 saturated heterocycles. The standard InChI is InChI=1S/C15H17N3/c1-10-6-7-13(16)12(8-10)15-17-9-11-4-2-3-5-14(11)18-15/h6-9H,2-5,16H2,1H3. The molecule has 0 unspecified atom stereocenters. The average molecular weight is 239 g/mol. The Hall–Kier alpha value is -1.90. The molecule has 2 N–H and O–H groups in total. The molecule has 1 aliphatic carbocycles. The molecule has 0 amide bonds. The number of nitrogens with zero attached hydrogens (tertiary/aromatic N) is 2. The minimum absolute atomic E-state index is 0.747. The first-order chi connectivity index (χ1) is 8.74. The van der Waals surface area contributed by atoms with Crippen LogP contribution in [0.2, 0.25) is 0 Å². The van der Waals surface area contributed by atoms with Gasteiger partial charge in [-0.15, -0.1) is 0 Å². The molecule has 0 atom stereocenters. The molecule has 1 aromatic heterocycles. The lowest BCUT2D eigenvalue weighted by molar-refractivity contribution is 0.663. The Morgan fingerprint density at radius 3 is 2.89 bits per heavy atom. The van der Waals surface area contributed by atoms with Crippen LogP contribution in [0.5, 0.6) is 0 Å². The second-order valence-electron chi connectivity index (χ2n) is 4.96. The van der Waals surface area contributed by atoms with Gasteiger partial charge in [0.2, 0.25) is 0 Å². The van der Waals surface area contributed by atoms with Gasteiger partial charge in [-0.05, 0) is 50.3 Å². The molecule has 1 aliphatic rings. The van der Waals surface area contributed by atoms with E-state index in [9.17, 15) is 0 Å². The summed E-state index contributed by atoms with van der Waals surface area (Å²) < 4.78 is 0. The molecule has 2 aromatic rings. The maximum Gasteiger partial charge on any atom is 0.161 e. The number of nitrogens with two attached hydrogens (primary N) is 1. The van der Waals surface area contributed by atoms with E-state index in [4.69, 9.17) is 10.7 Å². The van der Waals surface area contributed by atoms with Crippen molar-refractivity contribution in [1.82, 2.24) is 9.97 Å². The van der Waals surface area contributed by atoms with E-state index in [2.05, 4.69) is 18.0 Å². The normalized spacial score (nSPS) is 14.3. The summed E-state index contributed by atoms with van der Waals surface area (Å²) in [5, 5.41) is 0. The van der Waals surface area contributed by atoms with Crippen molar-refractivity contribution in [2.45, 2.75) is 32.6 Å². The highest BCUT2D eigenvalue weighted by molar-refractivity contribution is 5.72. The first kappa shape index (κ1) is 11.2. The first-order valence-electron chi connectivity index (χ1n) is 6.45. The molecule has 92 valence electrons. The van der Waals surface area contributed by atoms with Crippen molar-refractivity contribution in [3.8, 4) is 11.4 Å². The number of fused-ring (bicyclic) bond motifs is 1. The monoisotopic (exact) mass is 239 g/mol. The van der Waals surface area contributed by atoms with Gasteiger partial charge in [0, 0.05) is 23.1 Å². The van der Waals surface area contributed by atoms with Gasteiger partial charge in [0.15, 0.2) is 5.82 Å². The predicted octanol–water partition coefficient (Wildman–Crippen LogP) is 2.91. The number of hydrogen-bond donors (Lipinski definition) is 1. The van der Waals surface area contributed by atoms with Gasteiger partial charge >= 0.3 is 0 Å². The first-order valence-corrected chi connectivity index (χ1v) is 6.45. The fourth-order valence-corrected chi connectivity index (χ4v) is 2.47. The van der Waals surface area contributed by atoms with Gasteiger partial charge in [0.05, 0.1) is 0 Å². The number of benzene rings is 1. The molecule has 0 bridgehead atoms. The zero-order chi connectivity index (χ0) is 12.5. The second kappa shape index (κ2) is 4.41. The van der Waals surface area contributed by atoms with Gasteiger partial charge in [-0.2, -0.15) is 0 Å². The van der Waals surface area contributed by atoms with Crippen molar-refractivity contribution in [2.24, 2.45) is 0 Å². The molecular weight excluding hydrogens is 222 g/mol. The van der Waals surface area contributed by atoms with E-state index in [1.54, 1.807) is 0 Å². The number of rotatable bonds is 1. The Balaban J connectivity index is 2.09. The highest BCUT2D eigenvalue weighted by Gasteiger charge is 2.13. The lowest BCUT2D eigenvalue weighted by Crippen LogP contribution is -2.07. The van der Waals surface area contributed by atoms with E-state index < -0.39 is 0 Å². The minimum Gasteiger partial charge on any atom is -0.398 e. The van der Waals surface area contributed by atoms with Crippen LogP contribution < -0.4 is 5.73 Å². The van der Waals surface area contributed by atoms with Crippen LogP contribution in [-0.2, 0) is 12.8 Å². The highest BCUT2D eigenvalue weighted by Crippen LogP contribution is 2.26. The number of nitrogen functional groups attached to an aromatic ring is 1. The molecule has 0 fully saturated rings. The van der Waals surface area contributed by atoms with E-state index >= 15 is 0 Å². The number of anilines is 1. The molecule has 3 nitrogen and oxygen atoms in total. The molecule has 18 heavy (non-hydrogen) atoms. The summed E-state index contributed by atoms with van der Waals surface area (Å²) in [7, 11) is 0. The number of aryl methyl sites for hydroxylation is 3. The molecule has 3 rings (SSSR count).